The number of nitriles is 1. The van der Waals surface area contributed by atoms with Gasteiger partial charge in [0.25, 0.3) is 0 Å². The fourth-order valence-corrected chi connectivity index (χ4v) is 2.18. The monoisotopic (exact) mass is 271 g/mol. The molecular weight excluding hydrogens is 258 g/mol. The minimum atomic E-state index is 0.428. The van der Waals surface area contributed by atoms with Crippen molar-refractivity contribution >= 4 is 11.6 Å². The van der Waals surface area contributed by atoms with Gasteiger partial charge in [0, 0.05) is 11.1 Å². The van der Waals surface area contributed by atoms with Crippen LogP contribution in [0.4, 0.5) is 0 Å². The Balaban J connectivity index is 2.19. The first-order chi connectivity index (χ1) is 9.08. The molecule has 0 atom stereocenters. The third kappa shape index (κ3) is 3.49. The second-order valence-electron chi connectivity index (χ2n) is 4.54. The molecule has 0 spiro atoms. The molecule has 2 aromatic rings. The van der Waals surface area contributed by atoms with Crippen molar-refractivity contribution in [1.29, 1.82) is 5.26 Å². The molecule has 2 rings (SSSR count). The number of rotatable bonds is 3. The first-order valence-electron chi connectivity index (χ1n) is 5.98. The van der Waals surface area contributed by atoms with Gasteiger partial charge in [0.05, 0.1) is 5.56 Å². The Kier molecular flexibility index (Phi) is 4.09. The van der Waals surface area contributed by atoms with Crippen molar-refractivity contribution in [3.8, 4) is 11.8 Å². The fraction of sp³-hybridized carbons (Fsp3) is 0.188. The standard InChI is InChI=1S/C16H14ClNO/c1-11-5-12(2)7-13(6-11)10-19-16-8-15(17)4-3-14(16)9-18/h3-8H,10H2,1-2H3. The molecule has 0 saturated carbocycles. The Morgan fingerprint density at radius 1 is 1.11 bits per heavy atom. The number of nitrogens with zero attached hydrogens (tertiary/aromatic N) is 1. The molecule has 2 aromatic carbocycles. The topological polar surface area (TPSA) is 33.0 Å². The highest BCUT2D eigenvalue weighted by atomic mass is 35.5. The third-order valence-corrected chi connectivity index (χ3v) is 2.98. The normalized spacial score (nSPS) is 10.0. The van der Waals surface area contributed by atoms with E-state index in [0.29, 0.717) is 22.9 Å². The number of hydrogen-bond donors (Lipinski definition) is 0. The van der Waals surface area contributed by atoms with Gasteiger partial charge in [-0.1, -0.05) is 40.9 Å². The van der Waals surface area contributed by atoms with Gasteiger partial charge in [-0.3, -0.25) is 0 Å². The van der Waals surface area contributed by atoms with Crippen LogP contribution in [0.2, 0.25) is 5.02 Å². The van der Waals surface area contributed by atoms with Crippen LogP contribution < -0.4 is 4.74 Å². The highest BCUT2D eigenvalue weighted by Gasteiger charge is 2.05. The average molecular weight is 272 g/mol. The summed E-state index contributed by atoms with van der Waals surface area (Å²) in [5, 5.41) is 9.59. The molecule has 2 nitrogen and oxygen atoms in total. The Bertz CT molecular complexity index is 623. The van der Waals surface area contributed by atoms with Crippen molar-refractivity contribution < 1.29 is 4.74 Å². The molecule has 0 unspecified atom stereocenters. The molecule has 0 amide bonds. The molecule has 0 N–H and O–H groups in total. The molecule has 0 fully saturated rings. The lowest BCUT2D eigenvalue weighted by Gasteiger charge is -2.09. The first kappa shape index (κ1) is 13.5. The minimum Gasteiger partial charge on any atom is -0.487 e. The SMILES string of the molecule is Cc1cc(C)cc(COc2cc(Cl)ccc2C#N)c1. The molecule has 0 aromatic heterocycles. The molecular formula is C16H14ClNO. The highest BCUT2D eigenvalue weighted by Crippen LogP contribution is 2.24. The van der Waals surface area contributed by atoms with Crippen LogP contribution in [0.5, 0.6) is 5.75 Å². The van der Waals surface area contributed by atoms with Gasteiger partial charge in [-0.2, -0.15) is 5.26 Å². The van der Waals surface area contributed by atoms with Crippen molar-refractivity contribution in [3.05, 3.63) is 63.7 Å². The van der Waals surface area contributed by atoms with Gasteiger partial charge >= 0.3 is 0 Å². The summed E-state index contributed by atoms with van der Waals surface area (Å²) in [6.07, 6.45) is 0. The van der Waals surface area contributed by atoms with Gasteiger partial charge in [0.15, 0.2) is 0 Å². The van der Waals surface area contributed by atoms with E-state index in [1.54, 1.807) is 18.2 Å². The number of ether oxygens (including phenoxy) is 1. The van der Waals surface area contributed by atoms with Gasteiger partial charge in [-0.05, 0) is 31.5 Å². The van der Waals surface area contributed by atoms with E-state index in [1.165, 1.54) is 11.1 Å². The predicted molar refractivity (Wildman–Crippen MR) is 76.4 cm³/mol. The van der Waals surface area contributed by atoms with Crippen molar-refractivity contribution in [2.24, 2.45) is 0 Å². The lowest BCUT2D eigenvalue weighted by atomic mass is 10.1. The summed E-state index contributed by atoms with van der Waals surface area (Å²) in [5.41, 5.74) is 3.98. The number of hydrogen-bond acceptors (Lipinski definition) is 2. The summed E-state index contributed by atoms with van der Waals surface area (Å²) in [7, 11) is 0. The molecule has 0 aliphatic carbocycles. The third-order valence-electron chi connectivity index (χ3n) is 2.74. The van der Waals surface area contributed by atoms with Crippen LogP contribution in [0.3, 0.4) is 0 Å². The van der Waals surface area contributed by atoms with E-state index in [0.717, 1.165) is 5.56 Å². The minimum absolute atomic E-state index is 0.428. The second kappa shape index (κ2) is 5.77. The average Bonchev–Trinajstić information content (AvgIpc) is 2.35. The van der Waals surface area contributed by atoms with Gasteiger partial charge < -0.3 is 4.74 Å². The Morgan fingerprint density at radius 2 is 1.79 bits per heavy atom. The van der Waals surface area contributed by atoms with Crippen LogP contribution in [0, 0.1) is 25.2 Å². The van der Waals surface area contributed by atoms with Crippen molar-refractivity contribution in [2.45, 2.75) is 20.5 Å². The summed E-state index contributed by atoms with van der Waals surface area (Å²) in [6.45, 7) is 4.53. The molecule has 0 heterocycles. The molecule has 3 heteroatoms. The van der Waals surface area contributed by atoms with E-state index in [-0.39, 0.29) is 0 Å². The van der Waals surface area contributed by atoms with E-state index in [1.807, 2.05) is 0 Å². The number of benzene rings is 2. The van der Waals surface area contributed by atoms with Crippen molar-refractivity contribution in [2.75, 3.05) is 0 Å². The van der Waals surface area contributed by atoms with Crippen LogP contribution in [0.25, 0.3) is 0 Å². The summed E-state index contributed by atoms with van der Waals surface area (Å²) >= 11 is 5.92. The van der Waals surface area contributed by atoms with Crippen LogP contribution in [-0.4, -0.2) is 0 Å². The Labute approximate surface area is 118 Å². The van der Waals surface area contributed by atoms with Crippen molar-refractivity contribution in [1.82, 2.24) is 0 Å². The largest absolute Gasteiger partial charge is 0.487 e. The highest BCUT2D eigenvalue weighted by molar-refractivity contribution is 6.30. The fourth-order valence-electron chi connectivity index (χ4n) is 2.02. The van der Waals surface area contributed by atoms with E-state index in [2.05, 4.69) is 38.1 Å². The summed E-state index contributed by atoms with van der Waals surface area (Å²) in [6, 6.07) is 13.4. The van der Waals surface area contributed by atoms with E-state index >= 15 is 0 Å². The zero-order valence-corrected chi connectivity index (χ0v) is 11.7. The number of aryl methyl sites for hydroxylation is 2. The zero-order valence-electron chi connectivity index (χ0n) is 10.9. The quantitative estimate of drug-likeness (QED) is 0.828. The van der Waals surface area contributed by atoms with Crippen LogP contribution in [-0.2, 0) is 6.61 Å². The summed E-state index contributed by atoms with van der Waals surface area (Å²) in [4.78, 5) is 0. The molecule has 19 heavy (non-hydrogen) atoms. The molecule has 0 aliphatic rings. The van der Waals surface area contributed by atoms with Crippen LogP contribution >= 0.6 is 11.6 Å². The molecule has 0 aliphatic heterocycles. The van der Waals surface area contributed by atoms with Gasteiger partial charge in [0.2, 0.25) is 0 Å². The van der Waals surface area contributed by atoms with Gasteiger partial charge in [-0.15, -0.1) is 0 Å². The van der Waals surface area contributed by atoms with Crippen molar-refractivity contribution in [3.63, 3.8) is 0 Å². The van der Waals surface area contributed by atoms with Crippen LogP contribution in [0.1, 0.15) is 22.3 Å². The lowest BCUT2D eigenvalue weighted by Crippen LogP contribution is -1.98. The van der Waals surface area contributed by atoms with E-state index in [4.69, 9.17) is 21.6 Å². The Hall–Kier alpha value is -1.98. The van der Waals surface area contributed by atoms with Gasteiger partial charge in [0.1, 0.15) is 18.4 Å². The molecule has 96 valence electrons. The first-order valence-corrected chi connectivity index (χ1v) is 6.36. The predicted octanol–water partition coefficient (Wildman–Crippen LogP) is 4.41. The maximum Gasteiger partial charge on any atom is 0.139 e. The van der Waals surface area contributed by atoms with E-state index in [9.17, 15) is 0 Å². The van der Waals surface area contributed by atoms with E-state index < -0.39 is 0 Å². The smallest absolute Gasteiger partial charge is 0.139 e. The maximum atomic E-state index is 9.02. The molecule has 0 radical (unpaired) electrons. The molecule has 0 bridgehead atoms. The summed E-state index contributed by atoms with van der Waals surface area (Å²) < 4.78 is 5.70. The lowest BCUT2D eigenvalue weighted by molar-refractivity contribution is 0.305. The van der Waals surface area contributed by atoms with Gasteiger partial charge in [-0.25, -0.2) is 0 Å². The zero-order chi connectivity index (χ0) is 13.8. The maximum absolute atomic E-state index is 9.02. The Morgan fingerprint density at radius 3 is 2.42 bits per heavy atom. The second-order valence-corrected chi connectivity index (χ2v) is 4.97. The number of halogens is 1. The summed E-state index contributed by atoms with van der Waals surface area (Å²) in [5.74, 6) is 0.522. The van der Waals surface area contributed by atoms with Crippen LogP contribution in [0.15, 0.2) is 36.4 Å². The molecule has 0 saturated heterocycles.